The third-order valence-electron chi connectivity index (χ3n) is 4.68. The van der Waals surface area contributed by atoms with Crippen LogP contribution in [0.2, 0.25) is 0 Å². The molecule has 0 unspecified atom stereocenters. The molecule has 170 valence electrons. The Labute approximate surface area is 185 Å². The lowest BCUT2D eigenvalue weighted by molar-refractivity contribution is -0.137. The molecule has 0 atom stereocenters. The molecule has 3 aromatic rings. The molecule has 3 rings (SSSR count). The predicted octanol–water partition coefficient (Wildman–Crippen LogP) is 6.78. The van der Waals surface area contributed by atoms with Crippen molar-refractivity contribution in [2.45, 2.75) is 45.4 Å². The van der Waals surface area contributed by atoms with E-state index in [1.54, 1.807) is 24.3 Å². The van der Waals surface area contributed by atoms with Gasteiger partial charge in [0.15, 0.2) is 0 Å². The van der Waals surface area contributed by atoms with Gasteiger partial charge in [-0.1, -0.05) is 68.7 Å². The first-order valence-corrected chi connectivity index (χ1v) is 10.6. The summed E-state index contributed by atoms with van der Waals surface area (Å²) in [6.45, 7) is 2.75. The van der Waals surface area contributed by atoms with Gasteiger partial charge in [-0.25, -0.2) is 4.98 Å². The Morgan fingerprint density at radius 1 is 0.906 bits per heavy atom. The predicted molar refractivity (Wildman–Crippen MR) is 117 cm³/mol. The van der Waals surface area contributed by atoms with Gasteiger partial charge in [0, 0.05) is 6.20 Å². The molecule has 0 aliphatic carbocycles. The smallest absolute Gasteiger partial charge is 0.421 e. The lowest BCUT2D eigenvalue weighted by atomic mass is 10.2. The topological polar surface area (TPSA) is 56.3 Å². The van der Waals surface area contributed by atoms with E-state index in [1.165, 1.54) is 0 Å². The largest absolute Gasteiger partial charge is 0.491 e. The molecule has 2 aromatic carbocycles. The number of ether oxygens (including phenoxy) is 2. The summed E-state index contributed by atoms with van der Waals surface area (Å²) in [6.07, 6.45) is 0.241. The fraction of sp³-hybridized carbons (Fsp3) is 0.333. The highest BCUT2D eigenvalue weighted by Gasteiger charge is 2.35. The number of rotatable bonds is 11. The first-order chi connectivity index (χ1) is 15.5. The van der Waals surface area contributed by atoms with E-state index in [0.29, 0.717) is 18.0 Å². The van der Waals surface area contributed by atoms with Crippen molar-refractivity contribution < 1.29 is 22.6 Å². The van der Waals surface area contributed by atoms with Gasteiger partial charge in [0.2, 0.25) is 0 Å². The van der Waals surface area contributed by atoms with Crippen molar-refractivity contribution in [3.8, 4) is 11.8 Å². The molecule has 0 aliphatic heterocycles. The van der Waals surface area contributed by atoms with Crippen molar-refractivity contribution in [3.63, 3.8) is 0 Å². The number of alkyl halides is 3. The van der Waals surface area contributed by atoms with Gasteiger partial charge in [-0.05, 0) is 24.1 Å². The van der Waals surface area contributed by atoms with E-state index in [0.717, 1.165) is 37.4 Å². The number of unbranched alkanes of at least 4 members (excludes halogenated alkanes) is 3. The van der Waals surface area contributed by atoms with E-state index < -0.39 is 17.6 Å². The molecule has 0 amide bonds. The number of aromatic nitrogens is 2. The average Bonchev–Trinajstić information content (AvgIpc) is 2.79. The molecule has 0 fully saturated rings. The normalized spacial score (nSPS) is 11.2. The van der Waals surface area contributed by atoms with Crippen molar-refractivity contribution in [3.05, 3.63) is 71.9 Å². The van der Waals surface area contributed by atoms with Gasteiger partial charge in [-0.3, -0.25) is 0 Å². The van der Waals surface area contributed by atoms with Crippen molar-refractivity contribution in [2.24, 2.45) is 0 Å². The number of para-hydroxylation sites is 2. The summed E-state index contributed by atoms with van der Waals surface area (Å²) in [5.41, 5.74) is 0.260. The fourth-order valence-corrected chi connectivity index (χ4v) is 2.99. The number of nitrogens with zero attached hydrogens (tertiary/aromatic N) is 2. The Kier molecular flexibility index (Phi) is 8.30. The van der Waals surface area contributed by atoms with Crippen LogP contribution in [0.5, 0.6) is 11.8 Å². The molecule has 0 bridgehead atoms. The Balaban J connectivity index is 1.78. The summed E-state index contributed by atoms with van der Waals surface area (Å²) in [4.78, 5) is 7.73. The van der Waals surface area contributed by atoms with Crippen molar-refractivity contribution >= 4 is 11.5 Å². The van der Waals surface area contributed by atoms with Crippen LogP contribution in [0.3, 0.4) is 0 Å². The van der Waals surface area contributed by atoms with Crippen LogP contribution in [0.1, 0.15) is 43.7 Å². The highest BCUT2D eigenvalue weighted by molar-refractivity contribution is 5.66. The molecule has 0 saturated carbocycles. The van der Waals surface area contributed by atoms with Gasteiger partial charge in [0.25, 0.3) is 0 Å². The third-order valence-corrected chi connectivity index (χ3v) is 4.68. The van der Waals surface area contributed by atoms with Gasteiger partial charge in [-0.15, -0.1) is 0 Å². The van der Waals surface area contributed by atoms with Crippen LogP contribution in [0.4, 0.5) is 24.7 Å². The van der Waals surface area contributed by atoms with Crippen LogP contribution in [0.15, 0.2) is 60.8 Å². The average molecular weight is 445 g/mol. The molecule has 8 heteroatoms. The first kappa shape index (κ1) is 23.4. The molecule has 0 saturated heterocycles. The number of anilines is 2. The Hall–Kier alpha value is -3.29. The quantitative estimate of drug-likeness (QED) is 0.330. The monoisotopic (exact) mass is 445 g/mol. The highest BCUT2D eigenvalue weighted by atomic mass is 19.4. The van der Waals surface area contributed by atoms with Crippen molar-refractivity contribution in [2.75, 3.05) is 11.9 Å². The Morgan fingerprint density at radius 2 is 1.66 bits per heavy atom. The summed E-state index contributed by atoms with van der Waals surface area (Å²) in [6, 6.07) is 15.9. The molecule has 1 heterocycles. The lowest BCUT2D eigenvalue weighted by Crippen LogP contribution is -2.13. The number of hydrogen-bond acceptors (Lipinski definition) is 5. The molecule has 1 aromatic heterocycles. The van der Waals surface area contributed by atoms with E-state index >= 15 is 0 Å². The van der Waals surface area contributed by atoms with Crippen LogP contribution < -0.4 is 14.8 Å². The number of benzene rings is 2. The SMILES string of the molecule is CCCCCCOc1ccccc1Nc1nc(OCc2ccccc2)ncc1C(F)(F)F. The minimum Gasteiger partial charge on any atom is -0.491 e. The molecule has 0 spiro atoms. The summed E-state index contributed by atoms with van der Waals surface area (Å²) >= 11 is 0. The summed E-state index contributed by atoms with van der Waals surface area (Å²) in [7, 11) is 0. The van der Waals surface area contributed by atoms with Crippen LogP contribution >= 0.6 is 0 Å². The molecule has 1 N–H and O–H groups in total. The summed E-state index contributed by atoms with van der Waals surface area (Å²) in [5.74, 6) is 0.0695. The zero-order valence-corrected chi connectivity index (χ0v) is 17.9. The minimum absolute atomic E-state index is 0.142. The van der Waals surface area contributed by atoms with Crippen LogP contribution in [-0.2, 0) is 12.8 Å². The maximum atomic E-state index is 13.6. The number of halogens is 3. The van der Waals surface area contributed by atoms with Gasteiger partial charge < -0.3 is 14.8 Å². The second kappa shape index (κ2) is 11.4. The van der Waals surface area contributed by atoms with Gasteiger partial charge in [-0.2, -0.15) is 18.2 Å². The Bertz CT molecular complexity index is 982. The maximum absolute atomic E-state index is 13.6. The number of hydrogen-bond donors (Lipinski definition) is 1. The van der Waals surface area contributed by atoms with Gasteiger partial charge in [0.05, 0.1) is 12.3 Å². The highest BCUT2D eigenvalue weighted by Crippen LogP contribution is 2.37. The van der Waals surface area contributed by atoms with Gasteiger partial charge >= 0.3 is 12.2 Å². The molecular weight excluding hydrogens is 419 g/mol. The van der Waals surface area contributed by atoms with Crippen LogP contribution in [0, 0.1) is 0 Å². The van der Waals surface area contributed by atoms with Crippen molar-refractivity contribution in [1.29, 1.82) is 0 Å². The van der Waals surface area contributed by atoms with Gasteiger partial charge in [0.1, 0.15) is 23.7 Å². The van der Waals surface area contributed by atoms with E-state index in [4.69, 9.17) is 9.47 Å². The maximum Gasteiger partial charge on any atom is 0.421 e. The minimum atomic E-state index is -4.63. The summed E-state index contributed by atoms with van der Waals surface area (Å²) < 4.78 is 52.0. The van der Waals surface area contributed by atoms with E-state index in [-0.39, 0.29) is 12.6 Å². The van der Waals surface area contributed by atoms with Crippen molar-refractivity contribution in [1.82, 2.24) is 9.97 Å². The second-order valence-corrected chi connectivity index (χ2v) is 7.22. The molecule has 5 nitrogen and oxygen atoms in total. The first-order valence-electron chi connectivity index (χ1n) is 10.6. The van der Waals surface area contributed by atoms with E-state index in [2.05, 4.69) is 22.2 Å². The number of nitrogens with one attached hydrogen (secondary N) is 1. The lowest BCUT2D eigenvalue weighted by Gasteiger charge is -2.17. The zero-order chi connectivity index (χ0) is 22.8. The third kappa shape index (κ3) is 6.87. The Morgan fingerprint density at radius 3 is 2.41 bits per heavy atom. The molecule has 0 aliphatic rings. The summed E-state index contributed by atoms with van der Waals surface area (Å²) in [5, 5.41) is 2.76. The van der Waals surface area contributed by atoms with E-state index in [9.17, 15) is 13.2 Å². The van der Waals surface area contributed by atoms with E-state index in [1.807, 2.05) is 30.3 Å². The van der Waals surface area contributed by atoms with Crippen LogP contribution in [-0.4, -0.2) is 16.6 Å². The molecule has 32 heavy (non-hydrogen) atoms. The standard InChI is InChI=1S/C24H26F3N3O2/c1-2-3-4-10-15-31-21-14-9-8-13-20(21)29-22-19(24(25,26)27)16-28-23(30-22)32-17-18-11-6-5-7-12-18/h5-9,11-14,16H,2-4,10,15,17H2,1H3,(H,28,29,30). The van der Waals surface area contributed by atoms with Crippen LogP contribution in [0.25, 0.3) is 0 Å². The second-order valence-electron chi connectivity index (χ2n) is 7.22. The fourth-order valence-electron chi connectivity index (χ4n) is 2.99. The molecule has 0 radical (unpaired) electrons. The zero-order valence-electron chi connectivity index (χ0n) is 17.9. The molecular formula is C24H26F3N3O2.